The molecule has 0 amide bonds. The molecule has 1 atom stereocenters. The number of halogens is 1. The molecule has 1 aliphatic heterocycles. The summed E-state index contributed by atoms with van der Waals surface area (Å²) in [4.78, 5) is 2.50. The van der Waals surface area contributed by atoms with Crippen LogP contribution in [0.1, 0.15) is 30.9 Å². The number of rotatable bonds is 2. The van der Waals surface area contributed by atoms with Gasteiger partial charge in [-0.1, -0.05) is 24.3 Å². The Kier molecular flexibility index (Phi) is 3.97. The van der Waals surface area contributed by atoms with Crippen LogP contribution in [-0.4, -0.2) is 6.54 Å². The first kappa shape index (κ1) is 13.5. The van der Waals surface area contributed by atoms with Gasteiger partial charge in [0.25, 0.3) is 0 Å². The first-order chi connectivity index (χ1) is 9.75. The molecular formula is C17H19BrN2. The van der Waals surface area contributed by atoms with Gasteiger partial charge in [0, 0.05) is 16.7 Å². The predicted octanol–water partition coefficient (Wildman–Crippen LogP) is 4.76. The molecule has 0 spiro atoms. The van der Waals surface area contributed by atoms with Crippen LogP contribution in [-0.2, 0) is 0 Å². The van der Waals surface area contributed by atoms with E-state index in [-0.39, 0.29) is 0 Å². The van der Waals surface area contributed by atoms with Crippen molar-refractivity contribution in [1.29, 1.82) is 0 Å². The van der Waals surface area contributed by atoms with E-state index in [4.69, 9.17) is 5.73 Å². The molecule has 3 heteroatoms. The fraction of sp³-hybridized carbons (Fsp3) is 0.294. The highest BCUT2D eigenvalue weighted by Gasteiger charge is 2.25. The summed E-state index contributed by atoms with van der Waals surface area (Å²) in [6.45, 7) is 1.10. The van der Waals surface area contributed by atoms with Gasteiger partial charge in [0.1, 0.15) is 0 Å². The van der Waals surface area contributed by atoms with E-state index < -0.39 is 0 Å². The molecule has 2 aromatic rings. The van der Waals surface area contributed by atoms with Crippen LogP contribution < -0.4 is 10.6 Å². The lowest BCUT2D eigenvalue weighted by atomic mass is 9.94. The Morgan fingerprint density at radius 2 is 1.90 bits per heavy atom. The Balaban J connectivity index is 1.98. The minimum atomic E-state index is 0.422. The summed E-state index contributed by atoms with van der Waals surface area (Å²) in [6, 6.07) is 17.2. The Labute approximate surface area is 128 Å². The van der Waals surface area contributed by atoms with Crippen molar-refractivity contribution < 1.29 is 0 Å². The van der Waals surface area contributed by atoms with Gasteiger partial charge in [0.2, 0.25) is 0 Å². The van der Waals surface area contributed by atoms with E-state index in [1.54, 1.807) is 0 Å². The van der Waals surface area contributed by atoms with Crippen LogP contribution in [0.3, 0.4) is 0 Å². The van der Waals surface area contributed by atoms with E-state index in [9.17, 15) is 0 Å². The molecule has 0 bridgehead atoms. The van der Waals surface area contributed by atoms with Crippen molar-refractivity contribution >= 4 is 27.3 Å². The third-order valence-corrected chi connectivity index (χ3v) is 4.63. The van der Waals surface area contributed by atoms with Gasteiger partial charge in [-0.3, -0.25) is 0 Å². The number of benzene rings is 2. The molecule has 0 radical (unpaired) electrons. The molecule has 20 heavy (non-hydrogen) atoms. The molecule has 1 unspecified atom stereocenters. The normalized spacial score (nSPS) is 19.1. The lowest BCUT2D eigenvalue weighted by molar-refractivity contribution is 0.473. The minimum absolute atomic E-state index is 0.422. The van der Waals surface area contributed by atoms with Crippen LogP contribution >= 0.6 is 15.9 Å². The van der Waals surface area contributed by atoms with Crippen molar-refractivity contribution in [2.24, 2.45) is 0 Å². The molecule has 2 aromatic carbocycles. The SMILES string of the molecule is Nc1cccc(C2CCCCN2c2ccccc2Br)c1. The predicted molar refractivity (Wildman–Crippen MR) is 88.9 cm³/mol. The lowest BCUT2D eigenvalue weighted by Gasteiger charge is -2.38. The maximum atomic E-state index is 5.95. The summed E-state index contributed by atoms with van der Waals surface area (Å²) in [7, 11) is 0. The van der Waals surface area contributed by atoms with Crippen molar-refractivity contribution in [3.8, 4) is 0 Å². The fourth-order valence-corrected chi connectivity index (χ4v) is 3.53. The molecule has 104 valence electrons. The Hall–Kier alpha value is -1.48. The van der Waals surface area contributed by atoms with Gasteiger partial charge in [-0.05, 0) is 65.0 Å². The zero-order chi connectivity index (χ0) is 13.9. The van der Waals surface area contributed by atoms with Crippen LogP contribution in [0, 0.1) is 0 Å². The molecule has 1 aliphatic rings. The second-order valence-corrected chi connectivity index (χ2v) is 6.18. The van der Waals surface area contributed by atoms with Crippen molar-refractivity contribution in [3.05, 3.63) is 58.6 Å². The van der Waals surface area contributed by atoms with Crippen LogP contribution in [0.2, 0.25) is 0 Å². The van der Waals surface area contributed by atoms with E-state index in [0.717, 1.165) is 16.7 Å². The van der Waals surface area contributed by atoms with Crippen LogP contribution in [0.5, 0.6) is 0 Å². The number of nitrogen functional groups attached to an aromatic ring is 1. The molecule has 0 saturated carbocycles. The zero-order valence-corrected chi connectivity index (χ0v) is 13.0. The smallest absolute Gasteiger partial charge is 0.0543 e. The van der Waals surface area contributed by atoms with E-state index in [0.29, 0.717) is 6.04 Å². The number of piperidine rings is 1. The molecule has 1 saturated heterocycles. The van der Waals surface area contributed by atoms with Gasteiger partial charge in [-0.25, -0.2) is 0 Å². The van der Waals surface area contributed by atoms with Gasteiger partial charge in [0.15, 0.2) is 0 Å². The maximum Gasteiger partial charge on any atom is 0.0543 e. The summed E-state index contributed by atoms with van der Waals surface area (Å²) < 4.78 is 1.16. The van der Waals surface area contributed by atoms with Gasteiger partial charge < -0.3 is 10.6 Å². The Bertz CT molecular complexity index is 597. The third-order valence-electron chi connectivity index (χ3n) is 3.96. The third kappa shape index (κ3) is 2.68. The summed E-state index contributed by atoms with van der Waals surface area (Å²) >= 11 is 3.68. The molecule has 2 nitrogen and oxygen atoms in total. The second-order valence-electron chi connectivity index (χ2n) is 5.33. The van der Waals surface area contributed by atoms with Crippen molar-refractivity contribution in [1.82, 2.24) is 0 Å². The molecule has 2 N–H and O–H groups in total. The number of nitrogens with two attached hydrogens (primary N) is 1. The second kappa shape index (κ2) is 5.88. The van der Waals surface area contributed by atoms with Gasteiger partial charge in [0.05, 0.1) is 11.7 Å². The van der Waals surface area contributed by atoms with Crippen molar-refractivity contribution in [2.75, 3.05) is 17.2 Å². The average Bonchev–Trinajstić information content (AvgIpc) is 2.48. The number of hydrogen-bond donors (Lipinski definition) is 1. The first-order valence-corrected chi connectivity index (χ1v) is 7.91. The number of hydrogen-bond acceptors (Lipinski definition) is 2. The largest absolute Gasteiger partial charge is 0.399 e. The minimum Gasteiger partial charge on any atom is -0.399 e. The Morgan fingerprint density at radius 1 is 1.05 bits per heavy atom. The highest BCUT2D eigenvalue weighted by Crippen LogP contribution is 2.38. The summed E-state index contributed by atoms with van der Waals surface area (Å²) in [5, 5.41) is 0. The Morgan fingerprint density at radius 3 is 2.70 bits per heavy atom. The van der Waals surface area contributed by atoms with Crippen LogP contribution in [0.25, 0.3) is 0 Å². The average molecular weight is 331 g/mol. The fourth-order valence-electron chi connectivity index (χ4n) is 3.02. The van der Waals surface area contributed by atoms with Crippen LogP contribution in [0.4, 0.5) is 11.4 Å². The van der Waals surface area contributed by atoms with E-state index in [1.807, 2.05) is 6.07 Å². The molecule has 0 aromatic heterocycles. The highest BCUT2D eigenvalue weighted by atomic mass is 79.9. The van der Waals surface area contributed by atoms with Gasteiger partial charge in [-0.15, -0.1) is 0 Å². The van der Waals surface area contributed by atoms with Gasteiger partial charge >= 0.3 is 0 Å². The number of anilines is 2. The monoisotopic (exact) mass is 330 g/mol. The lowest BCUT2D eigenvalue weighted by Crippen LogP contribution is -2.33. The first-order valence-electron chi connectivity index (χ1n) is 7.12. The number of para-hydroxylation sites is 1. The summed E-state index contributed by atoms with van der Waals surface area (Å²) in [5.41, 5.74) is 9.40. The molecule has 3 rings (SSSR count). The quantitative estimate of drug-likeness (QED) is 0.804. The van der Waals surface area contributed by atoms with E-state index in [1.165, 1.54) is 30.5 Å². The van der Waals surface area contributed by atoms with E-state index >= 15 is 0 Å². The van der Waals surface area contributed by atoms with Crippen molar-refractivity contribution in [2.45, 2.75) is 25.3 Å². The van der Waals surface area contributed by atoms with Gasteiger partial charge in [-0.2, -0.15) is 0 Å². The zero-order valence-electron chi connectivity index (χ0n) is 11.4. The topological polar surface area (TPSA) is 29.3 Å². The van der Waals surface area contributed by atoms with Crippen molar-refractivity contribution in [3.63, 3.8) is 0 Å². The molecular weight excluding hydrogens is 312 g/mol. The van der Waals surface area contributed by atoms with E-state index in [2.05, 4.69) is 63.3 Å². The molecule has 0 aliphatic carbocycles. The maximum absolute atomic E-state index is 5.95. The standard InChI is InChI=1S/C17H19BrN2/c18-15-8-1-2-10-17(15)20-11-4-3-9-16(20)13-6-5-7-14(19)12-13/h1-2,5-8,10,12,16H,3-4,9,11,19H2. The summed E-state index contributed by atoms with van der Waals surface area (Å²) in [6.07, 6.45) is 3.71. The van der Waals surface area contributed by atoms with Crippen LogP contribution in [0.15, 0.2) is 53.0 Å². The molecule has 1 heterocycles. The highest BCUT2D eigenvalue weighted by molar-refractivity contribution is 9.10. The number of nitrogens with zero attached hydrogens (tertiary/aromatic N) is 1. The summed E-state index contributed by atoms with van der Waals surface area (Å²) in [5.74, 6) is 0. The molecule has 1 fully saturated rings.